The molecule has 2 aliphatic rings. The summed E-state index contributed by atoms with van der Waals surface area (Å²) in [5.41, 5.74) is 17.6. The molecule has 0 saturated heterocycles. The SMILES string of the molecule is c1ccc(-c2ccc(N(c3ccc4c(c3)-c3cc5ccccc5cc3C43c4ccccc4-c4ccccc43)c3ccc4oc5ccccc5c4c3)cc2)cc1. The van der Waals surface area contributed by atoms with Gasteiger partial charge in [0, 0.05) is 27.8 Å². The van der Waals surface area contributed by atoms with Gasteiger partial charge in [0.15, 0.2) is 0 Å². The van der Waals surface area contributed by atoms with Crippen LogP contribution in [0, 0.1) is 0 Å². The summed E-state index contributed by atoms with van der Waals surface area (Å²) in [4.78, 5) is 2.40. The van der Waals surface area contributed by atoms with E-state index in [2.05, 4.69) is 193 Å². The summed E-state index contributed by atoms with van der Waals surface area (Å²) in [6, 6.07) is 73.4. The first-order valence-corrected chi connectivity index (χ1v) is 19.0. The largest absolute Gasteiger partial charge is 0.456 e. The number of para-hydroxylation sites is 1. The molecule has 2 aliphatic carbocycles. The number of hydrogen-bond acceptors (Lipinski definition) is 2. The third-order valence-electron chi connectivity index (χ3n) is 12.0. The van der Waals surface area contributed by atoms with Crippen LogP contribution in [0.1, 0.15) is 22.3 Å². The zero-order chi connectivity index (χ0) is 36.1. The zero-order valence-electron chi connectivity index (χ0n) is 29.9. The molecule has 0 bridgehead atoms. The van der Waals surface area contributed by atoms with Crippen molar-refractivity contribution in [3.63, 3.8) is 0 Å². The summed E-state index contributed by atoms with van der Waals surface area (Å²) in [5.74, 6) is 0. The van der Waals surface area contributed by atoms with Crippen LogP contribution in [-0.2, 0) is 5.41 Å². The van der Waals surface area contributed by atoms with Crippen LogP contribution in [0.2, 0.25) is 0 Å². The van der Waals surface area contributed by atoms with Crippen LogP contribution < -0.4 is 4.90 Å². The molecule has 55 heavy (non-hydrogen) atoms. The van der Waals surface area contributed by atoms with Crippen LogP contribution in [0.3, 0.4) is 0 Å². The Labute approximate surface area is 319 Å². The maximum Gasteiger partial charge on any atom is 0.135 e. The Kier molecular flexibility index (Phi) is 6.29. The predicted molar refractivity (Wildman–Crippen MR) is 228 cm³/mol. The van der Waals surface area contributed by atoms with Crippen LogP contribution in [0.4, 0.5) is 17.1 Å². The minimum absolute atomic E-state index is 0.419. The maximum atomic E-state index is 6.29. The van der Waals surface area contributed by atoms with E-state index in [1.807, 2.05) is 12.1 Å². The van der Waals surface area contributed by atoms with Crippen molar-refractivity contribution in [1.29, 1.82) is 0 Å². The van der Waals surface area contributed by atoms with E-state index in [-0.39, 0.29) is 0 Å². The van der Waals surface area contributed by atoms with Crippen LogP contribution in [0.5, 0.6) is 0 Å². The van der Waals surface area contributed by atoms with Crippen molar-refractivity contribution in [2.24, 2.45) is 0 Å². The highest BCUT2D eigenvalue weighted by atomic mass is 16.3. The number of fused-ring (bicyclic) bond motifs is 14. The first-order chi connectivity index (χ1) is 27.3. The number of nitrogens with zero attached hydrogens (tertiary/aromatic N) is 1. The third kappa shape index (κ3) is 4.25. The molecule has 0 fully saturated rings. The Hall–Kier alpha value is -7.16. The second-order valence-electron chi connectivity index (χ2n) is 14.8. The van der Waals surface area contributed by atoms with Crippen LogP contribution in [0.25, 0.3) is 66.1 Å². The fourth-order valence-corrected chi connectivity index (χ4v) is 9.69. The van der Waals surface area contributed by atoms with Gasteiger partial charge in [0.1, 0.15) is 11.2 Å². The molecule has 0 radical (unpaired) electrons. The standard InChI is InChI=1S/C53H33NO/c1-2-12-34(13-3-1)35-22-24-38(25-23-35)54(40-27-29-52-46(33-40)43-18-8-11-21-51(43)55-52)39-26-28-49-45(32-39)44-30-36-14-4-5-15-37(36)31-50(44)53(49)47-19-9-6-16-41(47)42-17-7-10-20-48(42)53/h1-33H. The fourth-order valence-electron chi connectivity index (χ4n) is 9.69. The molecule has 0 amide bonds. The first-order valence-electron chi connectivity index (χ1n) is 19.0. The molecule has 9 aromatic carbocycles. The molecule has 1 spiro atoms. The average Bonchev–Trinajstić information content (AvgIpc) is 3.87. The van der Waals surface area contributed by atoms with Crippen LogP contribution in [-0.4, -0.2) is 0 Å². The predicted octanol–water partition coefficient (Wildman–Crippen LogP) is 14.2. The fraction of sp³-hybridized carbons (Fsp3) is 0.0189. The van der Waals surface area contributed by atoms with Crippen molar-refractivity contribution in [2.75, 3.05) is 4.90 Å². The maximum absolute atomic E-state index is 6.29. The Morgan fingerprint density at radius 2 is 0.873 bits per heavy atom. The van der Waals surface area contributed by atoms with Gasteiger partial charge in [-0.15, -0.1) is 0 Å². The lowest BCUT2D eigenvalue weighted by atomic mass is 9.70. The summed E-state index contributed by atoms with van der Waals surface area (Å²) in [5, 5.41) is 4.74. The van der Waals surface area contributed by atoms with E-state index in [1.54, 1.807) is 0 Å². The number of anilines is 3. The van der Waals surface area contributed by atoms with Crippen LogP contribution >= 0.6 is 0 Å². The highest BCUT2D eigenvalue weighted by Crippen LogP contribution is 2.63. The van der Waals surface area contributed by atoms with Gasteiger partial charge in [-0.05, 0) is 127 Å². The van der Waals surface area contributed by atoms with Crippen LogP contribution in [0.15, 0.2) is 205 Å². The second-order valence-corrected chi connectivity index (χ2v) is 14.8. The first kappa shape index (κ1) is 30.3. The van der Waals surface area contributed by atoms with Gasteiger partial charge in [-0.3, -0.25) is 0 Å². The van der Waals surface area contributed by atoms with Gasteiger partial charge in [-0.2, -0.15) is 0 Å². The van der Waals surface area contributed by atoms with E-state index in [0.717, 1.165) is 39.0 Å². The summed E-state index contributed by atoms with van der Waals surface area (Å²) in [6.45, 7) is 0. The molecule has 0 N–H and O–H groups in total. The Bertz CT molecular complexity index is 3110. The highest BCUT2D eigenvalue weighted by Gasteiger charge is 2.51. The molecule has 2 nitrogen and oxygen atoms in total. The quantitative estimate of drug-likeness (QED) is 0.182. The van der Waals surface area contributed by atoms with Crippen molar-refractivity contribution in [2.45, 2.75) is 5.41 Å². The normalized spacial score (nSPS) is 13.2. The van der Waals surface area contributed by atoms with Gasteiger partial charge in [0.25, 0.3) is 0 Å². The van der Waals surface area contributed by atoms with Crippen molar-refractivity contribution in [3.8, 4) is 33.4 Å². The van der Waals surface area contributed by atoms with Gasteiger partial charge in [-0.1, -0.05) is 140 Å². The van der Waals surface area contributed by atoms with Crippen molar-refractivity contribution < 1.29 is 4.42 Å². The van der Waals surface area contributed by atoms with Gasteiger partial charge >= 0.3 is 0 Å². The third-order valence-corrected chi connectivity index (χ3v) is 12.0. The minimum Gasteiger partial charge on any atom is -0.456 e. The molecule has 12 rings (SSSR count). The zero-order valence-corrected chi connectivity index (χ0v) is 29.9. The van der Waals surface area contributed by atoms with E-state index in [9.17, 15) is 0 Å². The topological polar surface area (TPSA) is 16.4 Å². The second kappa shape index (κ2) is 11.4. The van der Waals surface area contributed by atoms with Gasteiger partial charge in [0.2, 0.25) is 0 Å². The van der Waals surface area contributed by atoms with Gasteiger partial charge in [-0.25, -0.2) is 0 Å². The Morgan fingerprint density at radius 1 is 0.327 bits per heavy atom. The number of rotatable bonds is 4. The molecular formula is C53H33NO. The van der Waals surface area contributed by atoms with Gasteiger partial charge < -0.3 is 9.32 Å². The van der Waals surface area contributed by atoms with Gasteiger partial charge in [0.05, 0.1) is 5.41 Å². The minimum atomic E-state index is -0.419. The molecule has 0 unspecified atom stereocenters. The average molecular weight is 700 g/mol. The van der Waals surface area contributed by atoms with E-state index in [1.165, 1.54) is 66.4 Å². The monoisotopic (exact) mass is 699 g/mol. The number of hydrogen-bond donors (Lipinski definition) is 0. The molecule has 0 aliphatic heterocycles. The molecule has 0 atom stereocenters. The summed E-state index contributed by atoms with van der Waals surface area (Å²) in [7, 11) is 0. The lowest BCUT2D eigenvalue weighted by molar-refractivity contribution is 0.669. The number of benzene rings is 9. The lowest BCUT2D eigenvalue weighted by Crippen LogP contribution is -2.25. The molecule has 1 heterocycles. The highest BCUT2D eigenvalue weighted by molar-refractivity contribution is 6.07. The van der Waals surface area contributed by atoms with Crippen molar-refractivity contribution in [3.05, 3.63) is 222 Å². The summed E-state index contributed by atoms with van der Waals surface area (Å²) < 4.78 is 6.29. The van der Waals surface area contributed by atoms with E-state index in [4.69, 9.17) is 4.42 Å². The molecule has 256 valence electrons. The van der Waals surface area contributed by atoms with E-state index >= 15 is 0 Å². The van der Waals surface area contributed by atoms with Crippen molar-refractivity contribution >= 4 is 49.8 Å². The summed E-state index contributed by atoms with van der Waals surface area (Å²) in [6.07, 6.45) is 0. The molecule has 1 aromatic heterocycles. The molecule has 0 saturated carbocycles. The smallest absolute Gasteiger partial charge is 0.135 e. The van der Waals surface area contributed by atoms with E-state index in [0.29, 0.717) is 0 Å². The van der Waals surface area contributed by atoms with Crippen molar-refractivity contribution in [1.82, 2.24) is 0 Å². The molecule has 2 heteroatoms. The molecular weight excluding hydrogens is 667 g/mol. The number of furan rings is 1. The Balaban J connectivity index is 1.12. The lowest BCUT2D eigenvalue weighted by Gasteiger charge is -2.31. The van der Waals surface area contributed by atoms with E-state index < -0.39 is 5.41 Å². The Morgan fingerprint density at radius 3 is 1.65 bits per heavy atom. The summed E-state index contributed by atoms with van der Waals surface area (Å²) >= 11 is 0. The molecule has 10 aromatic rings.